The lowest BCUT2D eigenvalue weighted by atomic mass is 9.78. The van der Waals surface area contributed by atoms with Crippen molar-refractivity contribution in [2.75, 3.05) is 33.4 Å². The summed E-state index contributed by atoms with van der Waals surface area (Å²) in [5, 5.41) is 6.37. The largest absolute Gasteiger partial charge is 0.494 e. The van der Waals surface area contributed by atoms with Crippen LogP contribution in [0.2, 0.25) is 0 Å². The van der Waals surface area contributed by atoms with Gasteiger partial charge in [-0.25, -0.2) is 0 Å². The minimum Gasteiger partial charge on any atom is -0.494 e. The average Bonchev–Trinajstić information content (AvgIpc) is 2.60. The van der Waals surface area contributed by atoms with E-state index in [1.165, 1.54) is 0 Å². The number of carbonyl (C=O) groups is 1. The van der Waals surface area contributed by atoms with Gasteiger partial charge in [-0.1, -0.05) is 19.1 Å². The molecule has 1 aromatic carbocycles. The molecule has 2 N–H and O–H groups in total. The standard InChI is InChI=1S/C18H28N2O3.ClH/c1-3-12-23-16-6-4-15(5-7-16)13-20-17(21)18(14-22-2)8-10-19-11-9-18;/h4-7,19H,3,8-14H2,1-2H3,(H,20,21);1H. The molecule has 1 saturated heterocycles. The van der Waals surface area contributed by atoms with Gasteiger partial charge in [0.2, 0.25) is 5.91 Å². The Balaban J connectivity index is 0.00000288. The van der Waals surface area contributed by atoms with Crippen LogP contribution in [0.5, 0.6) is 5.75 Å². The lowest BCUT2D eigenvalue weighted by Gasteiger charge is -2.35. The van der Waals surface area contributed by atoms with Crippen molar-refractivity contribution in [1.29, 1.82) is 0 Å². The molecule has 0 unspecified atom stereocenters. The second-order valence-electron chi connectivity index (χ2n) is 6.14. The number of methoxy groups -OCH3 is 1. The second kappa shape index (κ2) is 10.5. The molecule has 0 bridgehead atoms. The first-order valence-corrected chi connectivity index (χ1v) is 8.40. The fraction of sp³-hybridized carbons (Fsp3) is 0.611. The number of benzene rings is 1. The van der Waals surface area contributed by atoms with E-state index in [0.29, 0.717) is 13.2 Å². The Morgan fingerprint density at radius 1 is 1.25 bits per heavy atom. The van der Waals surface area contributed by atoms with Crippen molar-refractivity contribution in [1.82, 2.24) is 10.6 Å². The fourth-order valence-corrected chi connectivity index (χ4v) is 2.91. The Morgan fingerprint density at radius 3 is 2.50 bits per heavy atom. The first-order chi connectivity index (χ1) is 11.2. The summed E-state index contributed by atoms with van der Waals surface area (Å²) in [5.41, 5.74) is 0.674. The van der Waals surface area contributed by atoms with Gasteiger partial charge < -0.3 is 20.1 Å². The van der Waals surface area contributed by atoms with E-state index in [1.54, 1.807) is 7.11 Å². The van der Waals surface area contributed by atoms with E-state index in [0.717, 1.165) is 50.3 Å². The SMILES string of the molecule is CCCOc1ccc(CNC(=O)C2(COC)CCNCC2)cc1.Cl. The van der Waals surface area contributed by atoms with Crippen LogP contribution < -0.4 is 15.4 Å². The Hall–Kier alpha value is -1.30. The van der Waals surface area contributed by atoms with E-state index in [-0.39, 0.29) is 18.3 Å². The van der Waals surface area contributed by atoms with Crippen molar-refractivity contribution >= 4 is 18.3 Å². The van der Waals surface area contributed by atoms with Crippen LogP contribution in [0.15, 0.2) is 24.3 Å². The van der Waals surface area contributed by atoms with Crippen LogP contribution in [0, 0.1) is 5.41 Å². The molecule has 0 atom stereocenters. The number of rotatable bonds is 8. The third-order valence-corrected chi connectivity index (χ3v) is 4.31. The highest BCUT2D eigenvalue weighted by atomic mass is 35.5. The molecule has 6 heteroatoms. The molecule has 0 spiro atoms. The molecule has 1 aromatic rings. The van der Waals surface area contributed by atoms with Crippen LogP contribution in [-0.4, -0.2) is 39.3 Å². The van der Waals surface area contributed by atoms with Gasteiger partial charge in [-0.2, -0.15) is 0 Å². The number of nitrogens with one attached hydrogen (secondary N) is 2. The molecular formula is C18H29ClN2O3. The van der Waals surface area contributed by atoms with Gasteiger partial charge in [-0.3, -0.25) is 4.79 Å². The fourth-order valence-electron chi connectivity index (χ4n) is 2.91. The van der Waals surface area contributed by atoms with Gasteiger partial charge in [0.05, 0.1) is 18.6 Å². The third-order valence-electron chi connectivity index (χ3n) is 4.31. The van der Waals surface area contributed by atoms with E-state index in [2.05, 4.69) is 17.6 Å². The Labute approximate surface area is 150 Å². The van der Waals surface area contributed by atoms with Crippen molar-refractivity contribution in [2.24, 2.45) is 5.41 Å². The Morgan fingerprint density at radius 2 is 1.92 bits per heavy atom. The molecule has 0 aliphatic carbocycles. The average molecular weight is 357 g/mol. The van der Waals surface area contributed by atoms with Crippen LogP contribution >= 0.6 is 12.4 Å². The lowest BCUT2D eigenvalue weighted by Crippen LogP contribution is -2.49. The topological polar surface area (TPSA) is 59.6 Å². The summed E-state index contributed by atoms with van der Waals surface area (Å²) < 4.78 is 10.9. The van der Waals surface area contributed by atoms with Crippen molar-refractivity contribution in [3.63, 3.8) is 0 Å². The highest BCUT2D eigenvalue weighted by molar-refractivity contribution is 5.85. The molecule has 1 aliphatic heterocycles. The van der Waals surface area contributed by atoms with Crippen LogP contribution in [0.4, 0.5) is 0 Å². The maximum absolute atomic E-state index is 12.6. The number of amides is 1. The number of ether oxygens (including phenoxy) is 2. The second-order valence-corrected chi connectivity index (χ2v) is 6.14. The molecule has 136 valence electrons. The number of hydrogen-bond donors (Lipinski definition) is 2. The number of hydrogen-bond acceptors (Lipinski definition) is 4. The minimum absolute atomic E-state index is 0. The molecule has 0 radical (unpaired) electrons. The summed E-state index contributed by atoms with van der Waals surface area (Å²) >= 11 is 0. The lowest BCUT2D eigenvalue weighted by molar-refractivity contribution is -0.136. The zero-order chi connectivity index (χ0) is 16.5. The van der Waals surface area contributed by atoms with Crippen molar-refractivity contribution in [2.45, 2.75) is 32.7 Å². The summed E-state index contributed by atoms with van der Waals surface area (Å²) in [4.78, 5) is 12.6. The predicted molar refractivity (Wildman–Crippen MR) is 97.7 cm³/mol. The summed E-state index contributed by atoms with van der Waals surface area (Å²) in [6.45, 7) is 5.54. The zero-order valence-electron chi connectivity index (χ0n) is 14.6. The summed E-state index contributed by atoms with van der Waals surface area (Å²) in [7, 11) is 1.66. The van der Waals surface area contributed by atoms with Gasteiger partial charge in [-0.05, 0) is 50.0 Å². The van der Waals surface area contributed by atoms with Crippen LogP contribution in [0.1, 0.15) is 31.7 Å². The maximum atomic E-state index is 12.6. The van der Waals surface area contributed by atoms with E-state index >= 15 is 0 Å². The van der Waals surface area contributed by atoms with E-state index < -0.39 is 5.41 Å². The summed E-state index contributed by atoms with van der Waals surface area (Å²) in [5.74, 6) is 0.961. The molecule has 0 aromatic heterocycles. The normalized spacial score (nSPS) is 16.1. The van der Waals surface area contributed by atoms with Crippen LogP contribution in [0.25, 0.3) is 0 Å². The molecule has 24 heavy (non-hydrogen) atoms. The van der Waals surface area contributed by atoms with Crippen molar-refractivity contribution in [3.8, 4) is 5.75 Å². The maximum Gasteiger partial charge on any atom is 0.228 e. The van der Waals surface area contributed by atoms with Crippen LogP contribution in [-0.2, 0) is 16.1 Å². The highest BCUT2D eigenvalue weighted by Gasteiger charge is 2.39. The molecular weight excluding hydrogens is 328 g/mol. The number of piperidine rings is 1. The molecule has 1 heterocycles. The minimum atomic E-state index is -0.399. The molecule has 1 amide bonds. The Bertz CT molecular complexity index is 482. The van der Waals surface area contributed by atoms with Gasteiger partial charge in [0, 0.05) is 13.7 Å². The third kappa shape index (κ3) is 5.65. The Kier molecular flexibility index (Phi) is 9.11. The van der Waals surface area contributed by atoms with E-state index in [4.69, 9.17) is 9.47 Å². The molecule has 2 rings (SSSR count). The van der Waals surface area contributed by atoms with Gasteiger partial charge in [-0.15, -0.1) is 12.4 Å². The summed E-state index contributed by atoms with van der Waals surface area (Å²) in [6.07, 6.45) is 2.63. The predicted octanol–water partition coefficient (Wildman–Crippen LogP) is 2.53. The van der Waals surface area contributed by atoms with Crippen molar-refractivity contribution < 1.29 is 14.3 Å². The highest BCUT2D eigenvalue weighted by Crippen LogP contribution is 2.29. The molecule has 0 saturated carbocycles. The number of halogens is 1. The van der Waals surface area contributed by atoms with Gasteiger partial charge in [0.15, 0.2) is 0 Å². The van der Waals surface area contributed by atoms with Crippen LogP contribution in [0.3, 0.4) is 0 Å². The van der Waals surface area contributed by atoms with E-state index in [1.807, 2.05) is 24.3 Å². The van der Waals surface area contributed by atoms with E-state index in [9.17, 15) is 4.79 Å². The molecule has 5 nitrogen and oxygen atoms in total. The van der Waals surface area contributed by atoms with Crippen molar-refractivity contribution in [3.05, 3.63) is 29.8 Å². The monoisotopic (exact) mass is 356 g/mol. The molecule has 1 fully saturated rings. The van der Waals surface area contributed by atoms with Gasteiger partial charge in [0.25, 0.3) is 0 Å². The summed E-state index contributed by atoms with van der Waals surface area (Å²) in [6, 6.07) is 7.90. The molecule has 1 aliphatic rings. The first kappa shape index (κ1) is 20.7. The van der Waals surface area contributed by atoms with Gasteiger partial charge in [0.1, 0.15) is 5.75 Å². The number of carbonyl (C=O) groups excluding carboxylic acids is 1. The first-order valence-electron chi connectivity index (χ1n) is 8.40. The van der Waals surface area contributed by atoms with Gasteiger partial charge >= 0.3 is 0 Å². The zero-order valence-corrected chi connectivity index (χ0v) is 15.4. The smallest absolute Gasteiger partial charge is 0.228 e. The quantitative estimate of drug-likeness (QED) is 0.751.